The van der Waals surface area contributed by atoms with Gasteiger partial charge in [0.15, 0.2) is 0 Å². The van der Waals surface area contributed by atoms with Crippen LogP contribution in [0.1, 0.15) is 52.3 Å². The van der Waals surface area contributed by atoms with Crippen LogP contribution in [0, 0.1) is 5.92 Å². The second-order valence-corrected chi connectivity index (χ2v) is 4.87. The van der Waals surface area contributed by atoms with Crippen LogP contribution in [0.3, 0.4) is 0 Å². The molecule has 0 radical (unpaired) electrons. The fraction of sp³-hybridized carbons (Fsp3) is 0.769. The SMILES string of the molecule is CCC(CC)n1ccc(CC(N)C(C)C)n1. The van der Waals surface area contributed by atoms with E-state index in [1.54, 1.807) is 0 Å². The average molecular weight is 223 g/mol. The molecule has 3 heteroatoms. The normalized spacial score (nSPS) is 13.7. The van der Waals surface area contributed by atoms with Crippen LogP contribution in [0.2, 0.25) is 0 Å². The van der Waals surface area contributed by atoms with Crippen LogP contribution in [0.5, 0.6) is 0 Å². The lowest BCUT2D eigenvalue weighted by atomic mass is 10.0. The van der Waals surface area contributed by atoms with Crippen LogP contribution >= 0.6 is 0 Å². The molecule has 1 aromatic rings. The van der Waals surface area contributed by atoms with Gasteiger partial charge in [-0.05, 0) is 24.8 Å². The Kier molecular flexibility index (Phi) is 5.00. The van der Waals surface area contributed by atoms with Crippen LogP contribution in [0.25, 0.3) is 0 Å². The zero-order valence-electron chi connectivity index (χ0n) is 11.0. The van der Waals surface area contributed by atoms with Gasteiger partial charge in [0.25, 0.3) is 0 Å². The summed E-state index contributed by atoms with van der Waals surface area (Å²) in [5.41, 5.74) is 7.17. The van der Waals surface area contributed by atoms with E-state index >= 15 is 0 Å². The molecule has 0 fully saturated rings. The molecule has 1 heterocycles. The maximum absolute atomic E-state index is 6.05. The van der Waals surface area contributed by atoms with Gasteiger partial charge in [0.05, 0.1) is 11.7 Å². The Bertz CT molecular complexity index is 300. The molecule has 0 aliphatic heterocycles. The predicted octanol–water partition coefficient (Wildman–Crippen LogP) is 2.77. The topological polar surface area (TPSA) is 43.8 Å². The third-order valence-corrected chi connectivity index (χ3v) is 3.28. The van der Waals surface area contributed by atoms with Crippen LogP contribution in [0.4, 0.5) is 0 Å². The van der Waals surface area contributed by atoms with E-state index in [4.69, 9.17) is 5.73 Å². The van der Waals surface area contributed by atoms with Crippen LogP contribution in [-0.4, -0.2) is 15.8 Å². The molecule has 1 aromatic heterocycles. The van der Waals surface area contributed by atoms with Gasteiger partial charge in [0.2, 0.25) is 0 Å². The molecular formula is C13H25N3. The second-order valence-electron chi connectivity index (χ2n) is 4.87. The maximum Gasteiger partial charge on any atom is 0.0640 e. The van der Waals surface area contributed by atoms with E-state index < -0.39 is 0 Å². The van der Waals surface area contributed by atoms with E-state index in [2.05, 4.69) is 49.7 Å². The Morgan fingerprint density at radius 1 is 1.31 bits per heavy atom. The minimum atomic E-state index is 0.213. The van der Waals surface area contributed by atoms with E-state index in [-0.39, 0.29) is 6.04 Å². The van der Waals surface area contributed by atoms with Crippen molar-refractivity contribution in [1.29, 1.82) is 0 Å². The predicted molar refractivity (Wildman–Crippen MR) is 68.4 cm³/mol. The monoisotopic (exact) mass is 223 g/mol. The van der Waals surface area contributed by atoms with Gasteiger partial charge < -0.3 is 5.73 Å². The fourth-order valence-corrected chi connectivity index (χ4v) is 1.83. The van der Waals surface area contributed by atoms with Gasteiger partial charge in [-0.1, -0.05) is 27.7 Å². The largest absolute Gasteiger partial charge is 0.327 e. The zero-order valence-corrected chi connectivity index (χ0v) is 11.0. The molecule has 3 nitrogen and oxygen atoms in total. The van der Waals surface area contributed by atoms with Crippen LogP contribution < -0.4 is 5.73 Å². The minimum Gasteiger partial charge on any atom is -0.327 e. The number of nitrogens with zero attached hydrogens (tertiary/aromatic N) is 2. The van der Waals surface area contributed by atoms with Crippen molar-refractivity contribution in [3.8, 4) is 0 Å². The molecule has 1 unspecified atom stereocenters. The summed E-state index contributed by atoms with van der Waals surface area (Å²) < 4.78 is 2.09. The minimum absolute atomic E-state index is 0.213. The quantitative estimate of drug-likeness (QED) is 0.806. The number of nitrogens with two attached hydrogens (primary N) is 1. The molecule has 2 N–H and O–H groups in total. The highest BCUT2D eigenvalue weighted by Crippen LogP contribution is 2.15. The Morgan fingerprint density at radius 3 is 2.44 bits per heavy atom. The van der Waals surface area contributed by atoms with E-state index in [0.29, 0.717) is 12.0 Å². The van der Waals surface area contributed by atoms with E-state index in [1.165, 1.54) is 0 Å². The summed E-state index contributed by atoms with van der Waals surface area (Å²) in [4.78, 5) is 0. The highest BCUT2D eigenvalue weighted by molar-refractivity contribution is 5.02. The van der Waals surface area contributed by atoms with Crippen molar-refractivity contribution in [2.45, 2.75) is 59.0 Å². The van der Waals surface area contributed by atoms with E-state index in [0.717, 1.165) is 25.0 Å². The number of rotatable bonds is 6. The lowest BCUT2D eigenvalue weighted by Crippen LogP contribution is -2.29. The Morgan fingerprint density at radius 2 is 1.94 bits per heavy atom. The highest BCUT2D eigenvalue weighted by Gasteiger charge is 2.12. The molecule has 0 saturated carbocycles. The third-order valence-electron chi connectivity index (χ3n) is 3.28. The van der Waals surface area contributed by atoms with Crippen LogP contribution in [-0.2, 0) is 6.42 Å². The lowest BCUT2D eigenvalue weighted by Gasteiger charge is -2.15. The van der Waals surface area contributed by atoms with E-state index in [9.17, 15) is 0 Å². The van der Waals surface area contributed by atoms with Crippen LogP contribution in [0.15, 0.2) is 12.3 Å². The summed E-state index contributed by atoms with van der Waals surface area (Å²) in [5, 5.41) is 4.61. The first-order chi connectivity index (χ1) is 7.58. The van der Waals surface area contributed by atoms with Gasteiger partial charge in [-0.2, -0.15) is 5.10 Å². The van der Waals surface area contributed by atoms with Gasteiger partial charge in [0, 0.05) is 18.7 Å². The molecule has 92 valence electrons. The molecule has 0 aliphatic rings. The smallest absolute Gasteiger partial charge is 0.0640 e. The van der Waals surface area contributed by atoms with Gasteiger partial charge in [-0.15, -0.1) is 0 Å². The van der Waals surface area contributed by atoms with Crippen molar-refractivity contribution in [3.05, 3.63) is 18.0 Å². The Labute approximate surface area is 99.0 Å². The lowest BCUT2D eigenvalue weighted by molar-refractivity contribution is 0.420. The molecule has 0 bridgehead atoms. The zero-order chi connectivity index (χ0) is 12.1. The second kappa shape index (κ2) is 6.04. The highest BCUT2D eigenvalue weighted by atomic mass is 15.3. The standard InChI is InChI=1S/C13H25N3/c1-5-12(6-2)16-8-7-11(15-16)9-13(14)10(3)4/h7-8,10,12-13H,5-6,9,14H2,1-4H3. The molecule has 16 heavy (non-hydrogen) atoms. The Balaban J connectivity index is 2.64. The van der Waals surface area contributed by atoms with Crippen molar-refractivity contribution in [2.24, 2.45) is 11.7 Å². The van der Waals surface area contributed by atoms with Gasteiger partial charge in [0.1, 0.15) is 0 Å². The van der Waals surface area contributed by atoms with Gasteiger partial charge in [-0.3, -0.25) is 4.68 Å². The summed E-state index contributed by atoms with van der Waals surface area (Å²) in [6.07, 6.45) is 5.23. The number of hydrogen-bond donors (Lipinski definition) is 1. The molecule has 0 aromatic carbocycles. The first kappa shape index (κ1) is 13.2. The molecule has 1 atom stereocenters. The first-order valence-electron chi connectivity index (χ1n) is 6.38. The average Bonchev–Trinajstić information content (AvgIpc) is 2.68. The third kappa shape index (κ3) is 3.34. The summed E-state index contributed by atoms with van der Waals surface area (Å²) in [5.74, 6) is 0.512. The molecular weight excluding hydrogens is 198 g/mol. The Hall–Kier alpha value is -0.830. The van der Waals surface area contributed by atoms with Crippen molar-refractivity contribution < 1.29 is 0 Å². The summed E-state index contributed by atoms with van der Waals surface area (Å²) in [6, 6.07) is 2.84. The molecule has 0 spiro atoms. The van der Waals surface area contributed by atoms with Gasteiger partial charge in [-0.25, -0.2) is 0 Å². The first-order valence-corrected chi connectivity index (χ1v) is 6.38. The molecule has 0 amide bonds. The number of aromatic nitrogens is 2. The summed E-state index contributed by atoms with van der Waals surface area (Å²) >= 11 is 0. The fourth-order valence-electron chi connectivity index (χ4n) is 1.83. The summed E-state index contributed by atoms with van der Waals surface area (Å²) in [6.45, 7) is 8.72. The summed E-state index contributed by atoms with van der Waals surface area (Å²) in [7, 11) is 0. The van der Waals surface area contributed by atoms with Crippen molar-refractivity contribution in [3.63, 3.8) is 0 Å². The molecule has 1 rings (SSSR count). The van der Waals surface area contributed by atoms with Gasteiger partial charge >= 0.3 is 0 Å². The van der Waals surface area contributed by atoms with Crippen molar-refractivity contribution in [2.75, 3.05) is 0 Å². The van der Waals surface area contributed by atoms with Crippen molar-refractivity contribution in [1.82, 2.24) is 9.78 Å². The van der Waals surface area contributed by atoms with E-state index in [1.807, 2.05) is 0 Å². The molecule has 0 aliphatic carbocycles. The maximum atomic E-state index is 6.05. The number of hydrogen-bond acceptors (Lipinski definition) is 2. The molecule has 0 saturated heterocycles. The van der Waals surface area contributed by atoms with Crippen molar-refractivity contribution >= 4 is 0 Å².